The number of nitrogens with one attached hydrogen (secondary N) is 2. The molecule has 9 heteroatoms. The van der Waals surface area contributed by atoms with E-state index < -0.39 is 15.9 Å². The fraction of sp³-hybridized carbons (Fsp3) is 0.381. The summed E-state index contributed by atoms with van der Waals surface area (Å²) in [5.74, 6) is -0.352. The van der Waals surface area contributed by atoms with Crippen molar-refractivity contribution in [2.75, 3.05) is 18.0 Å². The maximum atomic E-state index is 11.9. The summed E-state index contributed by atoms with van der Waals surface area (Å²) >= 11 is 12.4. The molecular formula is C21H25Cl2N3O3S. The fourth-order valence-corrected chi connectivity index (χ4v) is 5.11. The molecule has 162 valence electrons. The van der Waals surface area contributed by atoms with Crippen LogP contribution in [-0.4, -0.2) is 27.6 Å². The number of fused-ring (bicyclic) bond motifs is 1. The lowest BCUT2D eigenvalue weighted by molar-refractivity contribution is -0.117. The Morgan fingerprint density at radius 1 is 1.17 bits per heavy atom. The summed E-state index contributed by atoms with van der Waals surface area (Å²) in [6, 6.07) is 9.38. The van der Waals surface area contributed by atoms with Gasteiger partial charge >= 0.3 is 0 Å². The van der Waals surface area contributed by atoms with Crippen LogP contribution in [0.2, 0.25) is 10.0 Å². The van der Waals surface area contributed by atoms with E-state index in [4.69, 9.17) is 28.9 Å². The van der Waals surface area contributed by atoms with E-state index in [9.17, 15) is 13.2 Å². The highest BCUT2D eigenvalue weighted by Gasteiger charge is 2.31. The smallest absolute Gasteiger partial charge is 0.229 e. The van der Waals surface area contributed by atoms with E-state index in [-0.39, 0.29) is 18.4 Å². The zero-order valence-electron chi connectivity index (χ0n) is 16.8. The SMILES string of the molecule is CN[C@H]1CC[C@@H](c2ccc(Cl)c(Cl)c2)c2ccc(NS(C)(=O)=O)c(CCC(N)=O)c21. The molecule has 0 bridgehead atoms. The van der Waals surface area contributed by atoms with E-state index in [0.29, 0.717) is 22.2 Å². The highest BCUT2D eigenvalue weighted by atomic mass is 35.5. The monoisotopic (exact) mass is 469 g/mol. The number of halogens is 2. The van der Waals surface area contributed by atoms with Crippen molar-refractivity contribution in [3.8, 4) is 0 Å². The summed E-state index contributed by atoms with van der Waals surface area (Å²) in [4.78, 5) is 11.5. The van der Waals surface area contributed by atoms with E-state index in [0.717, 1.165) is 41.4 Å². The Morgan fingerprint density at radius 3 is 2.50 bits per heavy atom. The number of hydrogen-bond donors (Lipinski definition) is 3. The molecule has 2 aromatic carbocycles. The normalized spacial score (nSPS) is 18.7. The van der Waals surface area contributed by atoms with Crippen molar-refractivity contribution in [3.63, 3.8) is 0 Å². The van der Waals surface area contributed by atoms with Gasteiger partial charge in [-0.2, -0.15) is 0 Å². The van der Waals surface area contributed by atoms with Crippen molar-refractivity contribution in [2.45, 2.75) is 37.6 Å². The Bertz CT molecular complexity index is 1070. The van der Waals surface area contributed by atoms with E-state index in [1.54, 1.807) is 12.1 Å². The molecule has 0 saturated carbocycles. The maximum Gasteiger partial charge on any atom is 0.229 e. The fourth-order valence-electron chi connectivity index (χ4n) is 4.21. The molecule has 0 fully saturated rings. The number of carbonyl (C=O) groups excluding carboxylic acids is 1. The summed E-state index contributed by atoms with van der Waals surface area (Å²) in [6.07, 6.45) is 3.33. The van der Waals surface area contributed by atoms with Gasteiger partial charge in [0.2, 0.25) is 15.9 Å². The number of anilines is 1. The maximum absolute atomic E-state index is 11.9. The molecule has 30 heavy (non-hydrogen) atoms. The Hall–Kier alpha value is -1.80. The van der Waals surface area contributed by atoms with Crippen LogP contribution in [0, 0.1) is 0 Å². The van der Waals surface area contributed by atoms with Gasteiger partial charge < -0.3 is 11.1 Å². The average molecular weight is 470 g/mol. The van der Waals surface area contributed by atoms with Crippen molar-refractivity contribution in [3.05, 3.63) is 62.6 Å². The summed E-state index contributed by atoms with van der Waals surface area (Å²) in [5, 5.41) is 4.33. The molecule has 4 N–H and O–H groups in total. The minimum Gasteiger partial charge on any atom is -0.370 e. The minimum atomic E-state index is -3.48. The van der Waals surface area contributed by atoms with Gasteiger partial charge in [-0.3, -0.25) is 9.52 Å². The molecule has 2 aromatic rings. The van der Waals surface area contributed by atoms with Crippen LogP contribution in [0.1, 0.15) is 53.5 Å². The van der Waals surface area contributed by atoms with Crippen molar-refractivity contribution >= 4 is 44.8 Å². The third-order valence-electron chi connectivity index (χ3n) is 5.47. The van der Waals surface area contributed by atoms with Gasteiger partial charge in [-0.1, -0.05) is 35.3 Å². The van der Waals surface area contributed by atoms with Crippen LogP contribution in [0.3, 0.4) is 0 Å². The second-order valence-corrected chi connectivity index (χ2v) is 10.1. The predicted molar refractivity (Wildman–Crippen MR) is 122 cm³/mol. The van der Waals surface area contributed by atoms with E-state index >= 15 is 0 Å². The molecule has 1 aliphatic carbocycles. The number of benzene rings is 2. The van der Waals surface area contributed by atoms with Crippen LogP contribution >= 0.6 is 23.2 Å². The quantitative estimate of drug-likeness (QED) is 0.570. The molecular weight excluding hydrogens is 445 g/mol. The number of nitrogens with two attached hydrogens (primary N) is 1. The largest absolute Gasteiger partial charge is 0.370 e. The molecule has 1 aliphatic rings. The van der Waals surface area contributed by atoms with Gasteiger partial charge in [0.1, 0.15) is 0 Å². The van der Waals surface area contributed by atoms with E-state index in [2.05, 4.69) is 10.0 Å². The Labute approximate surface area is 187 Å². The van der Waals surface area contributed by atoms with Gasteiger partial charge in [0, 0.05) is 18.4 Å². The Morgan fingerprint density at radius 2 is 1.90 bits per heavy atom. The van der Waals surface area contributed by atoms with Gasteiger partial charge in [-0.25, -0.2) is 8.42 Å². The lowest BCUT2D eigenvalue weighted by Gasteiger charge is -2.35. The van der Waals surface area contributed by atoms with Crippen molar-refractivity contribution in [1.82, 2.24) is 5.32 Å². The van der Waals surface area contributed by atoms with Crippen LogP contribution in [0.15, 0.2) is 30.3 Å². The van der Waals surface area contributed by atoms with Gasteiger partial charge in [0.05, 0.1) is 22.0 Å². The van der Waals surface area contributed by atoms with Crippen LogP contribution in [0.4, 0.5) is 5.69 Å². The second kappa shape index (κ2) is 9.14. The molecule has 6 nitrogen and oxygen atoms in total. The molecule has 0 radical (unpaired) electrons. The first-order valence-electron chi connectivity index (χ1n) is 9.64. The van der Waals surface area contributed by atoms with Gasteiger partial charge in [0.25, 0.3) is 0 Å². The molecule has 0 aliphatic heterocycles. The second-order valence-electron chi connectivity index (χ2n) is 7.58. The van der Waals surface area contributed by atoms with Crippen LogP contribution in [0.25, 0.3) is 0 Å². The highest BCUT2D eigenvalue weighted by Crippen LogP contribution is 2.45. The third kappa shape index (κ3) is 5.09. The molecule has 3 rings (SSSR count). The number of amides is 1. The molecule has 0 spiro atoms. The minimum absolute atomic E-state index is 0.0307. The number of hydrogen-bond acceptors (Lipinski definition) is 4. The van der Waals surface area contributed by atoms with Crippen molar-refractivity contribution in [1.29, 1.82) is 0 Å². The zero-order chi connectivity index (χ0) is 22.1. The molecule has 0 heterocycles. The molecule has 0 saturated heterocycles. The number of carbonyl (C=O) groups is 1. The molecule has 2 atom stereocenters. The number of primary amides is 1. The average Bonchev–Trinajstić information content (AvgIpc) is 2.67. The summed E-state index contributed by atoms with van der Waals surface area (Å²) < 4.78 is 26.4. The topological polar surface area (TPSA) is 101 Å². The lowest BCUT2D eigenvalue weighted by atomic mass is 9.74. The first kappa shape index (κ1) is 22.9. The van der Waals surface area contributed by atoms with Crippen LogP contribution in [-0.2, 0) is 21.2 Å². The summed E-state index contributed by atoms with van der Waals surface area (Å²) in [6.45, 7) is 0. The van der Waals surface area contributed by atoms with E-state index in [1.807, 2.05) is 25.2 Å². The first-order valence-corrected chi connectivity index (χ1v) is 12.3. The molecule has 0 unspecified atom stereocenters. The number of rotatable bonds is 7. The molecule has 0 aromatic heterocycles. The predicted octanol–water partition coefficient (Wildman–Crippen LogP) is 3.97. The summed E-state index contributed by atoms with van der Waals surface area (Å²) in [5.41, 5.74) is 9.80. The van der Waals surface area contributed by atoms with E-state index in [1.165, 1.54) is 0 Å². The Balaban J connectivity index is 2.18. The van der Waals surface area contributed by atoms with Crippen LogP contribution < -0.4 is 15.8 Å². The standard InChI is InChI=1S/C21H25Cl2N3O3S/c1-25-19-9-4-13(12-3-7-16(22)17(23)11-12)14-5-8-18(26-30(2,28)29)15(21(14)19)6-10-20(24)27/h3,5,7-8,11,13,19,25-26H,4,6,9-10H2,1-2H3,(H2,24,27)/t13-,19-/m0/s1. The van der Waals surface area contributed by atoms with Crippen molar-refractivity contribution < 1.29 is 13.2 Å². The van der Waals surface area contributed by atoms with Gasteiger partial charge in [-0.05, 0) is 66.8 Å². The third-order valence-corrected chi connectivity index (χ3v) is 6.80. The number of sulfonamides is 1. The Kier molecular flexibility index (Phi) is 6.97. The summed E-state index contributed by atoms with van der Waals surface area (Å²) in [7, 11) is -1.61. The zero-order valence-corrected chi connectivity index (χ0v) is 19.2. The first-order chi connectivity index (χ1) is 14.1. The van der Waals surface area contributed by atoms with Crippen LogP contribution in [0.5, 0.6) is 0 Å². The van der Waals surface area contributed by atoms with Crippen molar-refractivity contribution in [2.24, 2.45) is 5.73 Å². The van der Waals surface area contributed by atoms with Gasteiger partial charge in [0.15, 0.2) is 0 Å². The lowest BCUT2D eigenvalue weighted by Crippen LogP contribution is -2.27. The molecule has 1 amide bonds. The van der Waals surface area contributed by atoms with Gasteiger partial charge in [-0.15, -0.1) is 0 Å². The highest BCUT2D eigenvalue weighted by molar-refractivity contribution is 7.92.